The van der Waals surface area contributed by atoms with Crippen LogP contribution in [0.1, 0.15) is 79.3 Å². The summed E-state index contributed by atoms with van der Waals surface area (Å²) < 4.78 is 0. The van der Waals surface area contributed by atoms with Crippen LogP contribution in [0.15, 0.2) is 48.5 Å². The molecular weight excluding hydrogens is 420 g/mol. The van der Waals surface area contributed by atoms with Crippen molar-refractivity contribution in [1.82, 2.24) is 0 Å². The topological polar surface area (TPSA) is 49.4 Å². The molecule has 0 saturated carbocycles. The van der Waals surface area contributed by atoms with Gasteiger partial charge in [0.25, 0.3) is 11.8 Å². The summed E-state index contributed by atoms with van der Waals surface area (Å²) >= 11 is 0. The van der Waals surface area contributed by atoms with Gasteiger partial charge in [-0.1, -0.05) is 65.3 Å². The van der Waals surface area contributed by atoms with E-state index in [2.05, 4.69) is 58.1 Å². The van der Waals surface area contributed by atoms with E-state index in [1.165, 1.54) is 4.90 Å². The number of anilines is 2. The highest BCUT2D eigenvalue weighted by molar-refractivity contribution is 6.36. The van der Waals surface area contributed by atoms with E-state index in [4.69, 9.17) is 0 Å². The van der Waals surface area contributed by atoms with Gasteiger partial charge < -0.3 is 5.32 Å². The Hall–Kier alpha value is -3.14. The first kappa shape index (κ1) is 24.0. The lowest BCUT2D eigenvalue weighted by atomic mass is 9.90. The van der Waals surface area contributed by atoms with Gasteiger partial charge in [0.15, 0.2) is 0 Å². The molecule has 0 atom stereocenters. The second-order valence-corrected chi connectivity index (χ2v) is 10.3. The van der Waals surface area contributed by atoms with Gasteiger partial charge in [-0.25, -0.2) is 4.90 Å². The predicted octanol–water partition coefficient (Wildman–Crippen LogP) is 7.25. The van der Waals surface area contributed by atoms with Crippen molar-refractivity contribution in [2.75, 3.05) is 16.8 Å². The Morgan fingerprint density at radius 1 is 0.853 bits per heavy atom. The molecule has 0 saturated heterocycles. The summed E-state index contributed by atoms with van der Waals surface area (Å²) in [4.78, 5) is 29.1. The lowest BCUT2D eigenvalue weighted by Crippen LogP contribution is -2.41. The van der Waals surface area contributed by atoms with Crippen LogP contribution in [-0.2, 0) is 12.8 Å². The molecule has 0 radical (unpaired) electrons. The molecule has 4 heteroatoms. The molecule has 4 rings (SSSR count). The number of nitrogens with one attached hydrogen (secondary N) is 1. The molecule has 1 N–H and O–H groups in total. The van der Waals surface area contributed by atoms with Gasteiger partial charge in [0.2, 0.25) is 0 Å². The molecule has 0 unspecified atom stereocenters. The van der Waals surface area contributed by atoms with Gasteiger partial charge in [0.05, 0.1) is 5.69 Å². The molecule has 1 aliphatic rings. The van der Waals surface area contributed by atoms with E-state index < -0.39 is 0 Å². The average Bonchev–Trinajstić information content (AvgIpc) is 2.79. The van der Waals surface area contributed by atoms with E-state index in [9.17, 15) is 9.59 Å². The molecular formula is C30H36N2O2. The van der Waals surface area contributed by atoms with Gasteiger partial charge in [-0.3, -0.25) is 9.59 Å². The number of carbonyl (C=O) groups excluding carboxylic acids is 2. The van der Waals surface area contributed by atoms with Crippen molar-refractivity contribution in [1.29, 1.82) is 0 Å². The third-order valence-corrected chi connectivity index (χ3v) is 6.42. The Morgan fingerprint density at radius 2 is 1.56 bits per heavy atom. The van der Waals surface area contributed by atoms with Crippen molar-refractivity contribution < 1.29 is 9.59 Å². The Kier molecular flexibility index (Phi) is 7.06. The van der Waals surface area contributed by atoms with Gasteiger partial charge in [0.1, 0.15) is 0 Å². The number of imide groups is 1. The molecule has 1 aliphatic heterocycles. The first-order valence-electron chi connectivity index (χ1n) is 12.6. The number of amides is 2. The minimum Gasteiger partial charge on any atom is -0.385 e. The third kappa shape index (κ3) is 4.59. The van der Waals surface area contributed by atoms with Crippen LogP contribution in [0, 0.1) is 11.8 Å². The lowest BCUT2D eigenvalue weighted by Gasteiger charge is -2.30. The number of unbranched alkanes of at least 4 members (excludes halogenated alkanes) is 1. The molecule has 0 aliphatic carbocycles. The summed E-state index contributed by atoms with van der Waals surface area (Å²) in [6.07, 6.45) is 3.89. The highest BCUT2D eigenvalue weighted by Gasteiger charge is 2.35. The van der Waals surface area contributed by atoms with Gasteiger partial charge in [0, 0.05) is 34.1 Å². The average molecular weight is 457 g/mol. The maximum absolute atomic E-state index is 13.8. The molecule has 178 valence electrons. The van der Waals surface area contributed by atoms with Crippen LogP contribution in [-0.4, -0.2) is 18.4 Å². The number of rotatable bonds is 9. The number of benzene rings is 3. The van der Waals surface area contributed by atoms with E-state index in [0.29, 0.717) is 23.0 Å². The van der Waals surface area contributed by atoms with E-state index in [0.717, 1.165) is 65.5 Å². The zero-order chi connectivity index (χ0) is 24.4. The summed E-state index contributed by atoms with van der Waals surface area (Å²) in [5, 5.41) is 5.18. The molecule has 2 amide bonds. The molecule has 34 heavy (non-hydrogen) atoms. The minimum atomic E-state index is -0.236. The third-order valence-electron chi connectivity index (χ3n) is 6.42. The van der Waals surface area contributed by atoms with Gasteiger partial charge in [-0.15, -0.1) is 0 Å². The number of carbonyl (C=O) groups is 2. The van der Waals surface area contributed by atoms with Crippen molar-refractivity contribution >= 4 is 34.0 Å². The summed E-state index contributed by atoms with van der Waals surface area (Å²) in [5.74, 6) is 0.433. The second kappa shape index (κ2) is 10.0. The van der Waals surface area contributed by atoms with Crippen molar-refractivity contribution in [2.45, 2.75) is 60.3 Å². The van der Waals surface area contributed by atoms with Crippen molar-refractivity contribution in [3.05, 3.63) is 70.8 Å². The lowest BCUT2D eigenvalue weighted by molar-refractivity contribution is 0.0893. The predicted molar refractivity (Wildman–Crippen MR) is 142 cm³/mol. The number of hydrogen-bond acceptors (Lipinski definition) is 3. The van der Waals surface area contributed by atoms with E-state index in [1.807, 2.05) is 30.3 Å². The number of hydrogen-bond donors (Lipinski definition) is 1. The molecule has 0 spiro atoms. The molecule has 3 aromatic rings. The van der Waals surface area contributed by atoms with Crippen molar-refractivity contribution in [2.24, 2.45) is 11.8 Å². The van der Waals surface area contributed by atoms with Crippen LogP contribution in [0.25, 0.3) is 10.8 Å². The Balaban J connectivity index is 1.83. The monoisotopic (exact) mass is 456 g/mol. The second-order valence-electron chi connectivity index (χ2n) is 10.3. The molecule has 3 aromatic carbocycles. The maximum atomic E-state index is 13.8. The minimum absolute atomic E-state index is 0.236. The largest absolute Gasteiger partial charge is 0.385 e. The van der Waals surface area contributed by atoms with E-state index >= 15 is 0 Å². The summed E-state index contributed by atoms with van der Waals surface area (Å²) in [6.45, 7) is 11.7. The first-order chi connectivity index (χ1) is 16.3. The van der Waals surface area contributed by atoms with Gasteiger partial charge in [-0.05, 0) is 66.5 Å². The standard InChI is InChI=1S/C30H36N2O2/c1-6-7-15-31-26-14-13-25-28-23(26)9-8-10-24(28)29(33)32(30(25)34)27-18-21(16-19(2)3)11-12-22(27)17-20(4)5/h8-14,18-20,31H,6-7,15-17H2,1-5H3. The first-order valence-corrected chi connectivity index (χ1v) is 12.6. The van der Waals surface area contributed by atoms with Crippen LogP contribution in [0.5, 0.6) is 0 Å². The molecule has 0 bridgehead atoms. The van der Waals surface area contributed by atoms with Gasteiger partial charge in [-0.2, -0.15) is 0 Å². The van der Waals surface area contributed by atoms with Crippen LogP contribution in [0.2, 0.25) is 0 Å². The molecule has 0 fully saturated rings. The molecule has 1 heterocycles. The summed E-state index contributed by atoms with van der Waals surface area (Å²) in [7, 11) is 0. The Labute approximate surface area is 203 Å². The van der Waals surface area contributed by atoms with Crippen molar-refractivity contribution in [3.8, 4) is 0 Å². The smallest absolute Gasteiger partial charge is 0.265 e. The highest BCUT2D eigenvalue weighted by atomic mass is 16.2. The SMILES string of the molecule is CCCCNc1ccc2c3c(cccc13)C(=O)N(c1cc(CC(C)C)ccc1CC(C)C)C2=O. The fourth-order valence-corrected chi connectivity index (χ4v) is 4.90. The van der Waals surface area contributed by atoms with E-state index in [-0.39, 0.29) is 11.8 Å². The van der Waals surface area contributed by atoms with E-state index in [1.54, 1.807) is 0 Å². The van der Waals surface area contributed by atoms with Gasteiger partial charge >= 0.3 is 0 Å². The fraction of sp³-hybridized carbons (Fsp3) is 0.400. The summed E-state index contributed by atoms with van der Waals surface area (Å²) in [6, 6.07) is 15.9. The number of nitrogens with zero attached hydrogens (tertiary/aromatic N) is 1. The highest BCUT2D eigenvalue weighted by Crippen LogP contribution is 2.38. The Morgan fingerprint density at radius 3 is 2.24 bits per heavy atom. The fourth-order valence-electron chi connectivity index (χ4n) is 4.90. The summed E-state index contributed by atoms with van der Waals surface area (Å²) in [5.41, 5.74) is 5.08. The van der Waals surface area contributed by atoms with Crippen LogP contribution >= 0.6 is 0 Å². The van der Waals surface area contributed by atoms with Crippen LogP contribution < -0.4 is 10.2 Å². The Bertz CT molecular complexity index is 1200. The molecule has 0 aromatic heterocycles. The van der Waals surface area contributed by atoms with Crippen molar-refractivity contribution in [3.63, 3.8) is 0 Å². The van der Waals surface area contributed by atoms with Crippen LogP contribution in [0.4, 0.5) is 11.4 Å². The molecule has 4 nitrogen and oxygen atoms in total. The maximum Gasteiger partial charge on any atom is 0.265 e. The van der Waals surface area contributed by atoms with Crippen LogP contribution in [0.3, 0.4) is 0 Å². The zero-order valence-electron chi connectivity index (χ0n) is 21.1. The zero-order valence-corrected chi connectivity index (χ0v) is 21.1. The quantitative estimate of drug-likeness (QED) is 0.272. The normalized spacial score (nSPS) is 13.4.